The standard InChI is InChI=1S/C16H21ClINO4/c1-16(2,3)23-15(20)19-6-7-21-12(9-19)10-22-14-5-4-11(17)8-13(14)18/h4-5,8,12H,6-7,9-10H2,1-3H3. The Bertz CT molecular complexity index is 562. The number of rotatable bonds is 3. The Kier molecular flexibility index (Phi) is 6.39. The van der Waals surface area contributed by atoms with Crippen molar-refractivity contribution in [2.45, 2.75) is 32.5 Å². The van der Waals surface area contributed by atoms with Crippen LogP contribution in [0.25, 0.3) is 0 Å². The number of carbonyl (C=O) groups is 1. The Balaban J connectivity index is 1.87. The Morgan fingerprint density at radius 1 is 1.48 bits per heavy atom. The summed E-state index contributed by atoms with van der Waals surface area (Å²) in [6.07, 6.45) is -0.491. The van der Waals surface area contributed by atoms with Gasteiger partial charge in [0, 0.05) is 11.6 Å². The summed E-state index contributed by atoms with van der Waals surface area (Å²) < 4.78 is 17.8. The molecule has 1 aromatic rings. The van der Waals surface area contributed by atoms with Crippen LogP contribution < -0.4 is 4.74 Å². The van der Waals surface area contributed by atoms with Crippen LogP contribution in [0.3, 0.4) is 0 Å². The predicted molar refractivity (Wildman–Crippen MR) is 97.2 cm³/mol. The number of halogens is 2. The molecule has 5 nitrogen and oxygen atoms in total. The predicted octanol–water partition coefficient (Wildman–Crippen LogP) is 3.96. The zero-order valence-electron chi connectivity index (χ0n) is 13.5. The summed E-state index contributed by atoms with van der Waals surface area (Å²) in [6.45, 7) is 7.40. The summed E-state index contributed by atoms with van der Waals surface area (Å²) in [5.41, 5.74) is -0.499. The van der Waals surface area contributed by atoms with Crippen molar-refractivity contribution in [2.24, 2.45) is 0 Å². The van der Waals surface area contributed by atoms with Gasteiger partial charge in [0.1, 0.15) is 24.1 Å². The molecule has 128 valence electrons. The SMILES string of the molecule is CC(C)(C)OC(=O)N1CCOC(COc2ccc(Cl)cc2I)C1. The van der Waals surface area contributed by atoms with Crippen LogP contribution in [0.15, 0.2) is 18.2 Å². The number of hydrogen-bond acceptors (Lipinski definition) is 4. The van der Waals surface area contributed by atoms with Crippen LogP contribution in [0.5, 0.6) is 5.75 Å². The monoisotopic (exact) mass is 453 g/mol. The van der Waals surface area contributed by atoms with E-state index in [2.05, 4.69) is 22.6 Å². The average Bonchev–Trinajstić information content (AvgIpc) is 2.45. The van der Waals surface area contributed by atoms with E-state index in [1.54, 1.807) is 11.0 Å². The normalized spacial score (nSPS) is 18.7. The fraction of sp³-hybridized carbons (Fsp3) is 0.562. The van der Waals surface area contributed by atoms with Gasteiger partial charge in [0.25, 0.3) is 0 Å². The summed E-state index contributed by atoms with van der Waals surface area (Å²) in [5, 5.41) is 0.673. The third kappa shape index (κ3) is 6.00. The minimum atomic E-state index is -0.499. The fourth-order valence-corrected chi connectivity index (χ4v) is 3.11. The number of morpholine rings is 1. The van der Waals surface area contributed by atoms with Crippen molar-refractivity contribution in [1.29, 1.82) is 0 Å². The molecule has 1 fully saturated rings. The number of hydrogen-bond donors (Lipinski definition) is 0. The molecular formula is C16H21ClINO4. The van der Waals surface area contributed by atoms with Crippen molar-refractivity contribution in [1.82, 2.24) is 4.90 Å². The molecule has 1 saturated heterocycles. The van der Waals surface area contributed by atoms with Gasteiger partial charge in [-0.25, -0.2) is 4.79 Å². The highest BCUT2D eigenvalue weighted by molar-refractivity contribution is 14.1. The topological polar surface area (TPSA) is 48.0 Å². The highest BCUT2D eigenvalue weighted by atomic mass is 127. The highest BCUT2D eigenvalue weighted by Crippen LogP contribution is 2.25. The van der Waals surface area contributed by atoms with E-state index in [1.807, 2.05) is 32.9 Å². The zero-order valence-corrected chi connectivity index (χ0v) is 16.4. The number of ether oxygens (including phenoxy) is 3. The lowest BCUT2D eigenvalue weighted by Crippen LogP contribution is -2.49. The Morgan fingerprint density at radius 3 is 2.87 bits per heavy atom. The van der Waals surface area contributed by atoms with E-state index in [-0.39, 0.29) is 12.2 Å². The lowest BCUT2D eigenvalue weighted by molar-refractivity contribution is -0.0557. The fourth-order valence-electron chi connectivity index (χ4n) is 2.09. The smallest absolute Gasteiger partial charge is 0.410 e. The van der Waals surface area contributed by atoms with Gasteiger partial charge in [-0.3, -0.25) is 0 Å². The minimum absolute atomic E-state index is 0.178. The van der Waals surface area contributed by atoms with E-state index in [0.717, 1.165) is 9.32 Å². The lowest BCUT2D eigenvalue weighted by Gasteiger charge is -2.34. The molecule has 2 rings (SSSR count). The summed E-state index contributed by atoms with van der Waals surface area (Å²) >= 11 is 8.10. The van der Waals surface area contributed by atoms with Crippen LogP contribution in [-0.4, -0.2) is 49.0 Å². The second-order valence-corrected chi connectivity index (χ2v) is 7.90. The number of benzene rings is 1. The number of nitrogens with zero attached hydrogens (tertiary/aromatic N) is 1. The van der Waals surface area contributed by atoms with Gasteiger partial charge in [0.15, 0.2) is 0 Å². The van der Waals surface area contributed by atoms with Crippen LogP contribution in [0.4, 0.5) is 4.79 Å². The van der Waals surface area contributed by atoms with Gasteiger partial charge in [0.2, 0.25) is 0 Å². The molecule has 23 heavy (non-hydrogen) atoms. The maximum Gasteiger partial charge on any atom is 0.410 e. The quantitative estimate of drug-likeness (QED) is 0.650. The summed E-state index contributed by atoms with van der Waals surface area (Å²) in [7, 11) is 0. The molecular weight excluding hydrogens is 433 g/mol. The maximum atomic E-state index is 12.1. The summed E-state index contributed by atoms with van der Waals surface area (Å²) in [5.74, 6) is 0.757. The van der Waals surface area contributed by atoms with Gasteiger partial charge in [-0.15, -0.1) is 0 Å². The molecule has 1 aromatic carbocycles. The van der Waals surface area contributed by atoms with E-state index in [1.165, 1.54) is 0 Å². The van der Waals surface area contributed by atoms with E-state index in [0.29, 0.717) is 31.3 Å². The van der Waals surface area contributed by atoms with Crippen LogP contribution in [0.1, 0.15) is 20.8 Å². The first-order valence-corrected chi connectivity index (χ1v) is 8.87. The number of amides is 1. The highest BCUT2D eigenvalue weighted by Gasteiger charge is 2.28. The largest absolute Gasteiger partial charge is 0.490 e. The molecule has 0 bridgehead atoms. The summed E-state index contributed by atoms with van der Waals surface area (Å²) in [4.78, 5) is 13.8. The molecule has 1 amide bonds. The molecule has 0 N–H and O–H groups in total. The van der Waals surface area contributed by atoms with Gasteiger partial charge in [0.05, 0.1) is 16.7 Å². The molecule has 1 aliphatic rings. The second-order valence-electron chi connectivity index (χ2n) is 6.30. The average molecular weight is 454 g/mol. The number of carbonyl (C=O) groups excluding carboxylic acids is 1. The van der Waals surface area contributed by atoms with Crippen molar-refractivity contribution in [2.75, 3.05) is 26.3 Å². The first-order valence-electron chi connectivity index (χ1n) is 7.42. The molecule has 0 radical (unpaired) electrons. The van der Waals surface area contributed by atoms with Crippen molar-refractivity contribution in [3.63, 3.8) is 0 Å². The van der Waals surface area contributed by atoms with Crippen molar-refractivity contribution in [3.8, 4) is 5.75 Å². The minimum Gasteiger partial charge on any atom is -0.490 e. The van der Waals surface area contributed by atoms with Gasteiger partial charge in [-0.05, 0) is 61.6 Å². The first-order chi connectivity index (χ1) is 10.7. The van der Waals surface area contributed by atoms with E-state index in [9.17, 15) is 4.79 Å². The Labute approximate surface area is 155 Å². The van der Waals surface area contributed by atoms with Gasteiger partial charge in [-0.1, -0.05) is 11.6 Å². The molecule has 7 heteroatoms. The first kappa shape index (κ1) is 18.6. The van der Waals surface area contributed by atoms with Crippen LogP contribution in [-0.2, 0) is 9.47 Å². The van der Waals surface area contributed by atoms with Gasteiger partial charge >= 0.3 is 6.09 Å². The van der Waals surface area contributed by atoms with E-state index >= 15 is 0 Å². The third-order valence-corrected chi connectivity index (χ3v) is 4.19. The maximum absolute atomic E-state index is 12.1. The molecule has 1 unspecified atom stereocenters. The molecule has 0 spiro atoms. The zero-order chi connectivity index (χ0) is 17.0. The van der Waals surface area contributed by atoms with Crippen molar-refractivity contribution >= 4 is 40.3 Å². The van der Waals surface area contributed by atoms with E-state index < -0.39 is 5.60 Å². The molecule has 1 aliphatic heterocycles. The van der Waals surface area contributed by atoms with Crippen molar-refractivity contribution in [3.05, 3.63) is 26.8 Å². The van der Waals surface area contributed by atoms with E-state index in [4.69, 9.17) is 25.8 Å². The molecule has 0 saturated carbocycles. The van der Waals surface area contributed by atoms with Crippen LogP contribution in [0, 0.1) is 3.57 Å². The van der Waals surface area contributed by atoms with Crippen LogP contribution in [0.2, 0.25) is 5.02 Å². The summed E-state index contributed by atoms with van der Waals surface area (Å²) in [6, 6.07) is 5.46. The molecule has 1 heterocycles. The Hall–Kier alpha value is -0.730. The van der Waals surface area contributed by atoms with Crippen LogP contribution >= 0.6 is 34.2 Å². The molecule has 1 atom stereocenters. The molecule has 0 aliphatic carbocycles. The third-order valence-electron chi connectivity index (χ3n) is 3.11. The molecule has 0 aromatic heterocycles. The second kappa shape index (κ2) is 7.90. The lowest BCUT2D eigenvalue weighted by atomic mass is 10.2. The van der Waals surface area contributed by atoms with Crippen molar-refractivity contribution < 1.29 is 19.0 Å². The van der Waals surface area contributed by atoms with Gasteiger partial charge in [-0.2, -0.15) is 0 Å². The Morgan fingerprint density at radius 2 is 2.22 bits per heavy atom. The van der Waals surface area contributed by atoms with Gasteiger partial charge < -0.3 is 19.1 Å².